The first-order valence-electron chi connectivity index (χ1n) is 10.7. The normalized spacial score (nSPS) is 15.1. The minimum absolute atomic E-state index is 0.0503. The van der Waals surface area contributed by atoms with Crippen LogP contribution < -0.4 is 19.5 Å². The molecule has 1 aliphatic rings. The molecule has 0 radical (unpaired) electrons. The number of hydrogen-bond acceptors (Lipinski definition) is 5. The number of rotatable bonds is 6. The Hall–Kier alpha value is -4.07. The van der Waals surface area contributed by atoms with E-state index >= 15 is 0 Å². The van der Waals surface area contributed by atoms with Gasteiger partial charge in [-0.1, -0.05) is 12.1 Å². The van der Waals surface area contributed by atoms with Crippen molar-refractivity contribution in [3.05, 3.63) is 83.2 Å². The minimum atomic E-state index is -0.690. The summed E-state index contributed by atoms with van der Waals surface area (Å²) in [5.74, 6) is 0.477. The van der Waals surface area contributed by atoms with Crippen LogP contribution in [0.4, 0.5) is 10.1 Å². The quantitative estimate of drug-likeness (QED) is 0.585. The Bertz CT molecular complexity index is 1230. The van der Waals surface area contributed by atoms with Crippen LogP contribution in [0.25, 0.3) is 0 Å². The predicted molar refractivity (Wildman–Crippen MR) is 125 cm³/mol. The number of halogens is 1. The van der Waals surface area contributed by atoms with Gasteiger partial charge in [-0.25, -0.2) is 4.39 Å². The van der Waals surface area contributed by atoms with Crippen LogP contribution in [0.5, 0.6) is 17.2 Å². The highest BCUT2D eigenvalue weighted by Gasteiger charge is 2.29. The summed E-state index contributed by atoms with van der Waals surface area (Å²) in [6.45, 7) is 2.26. The molecule has 3 aromatic carbocycles. The maximum Gasteiger partial charge on any atom is 0.263 e. The summed E-state index contributed by atoms with van der Waals surface area (Å²) in [7, 11) is 3.14. The number of amides is 2. The Labute approximate surface area is 197 Å². The molecule has 1 aliphatic heterocycles. The molecule has 2 amide bonds. The lowest BCUT2D eigenvalue weighted by Crippen LogP contribution is -2.37. The van der Waals surface area contributed by atoms with Crippen LogP contribution in [0.1, 0.15) is 28.4 Å². The molecule has 0 aliphatic carbocycles. The molecule has 0 bridgehead atoms. The van der Waals surface area contributed by atoms with Crippen LogP contribution >= 0.6 is 0 Å². The van der Waals surface area contributed by atoms with Gasteiger partial charge < -0.3 is 24.4 Å². The van der Waals surface area contributed by atoms with E-state index in [-0.39, 0.29) is 18.0 Å². The molecule has 0 saturated carbocycles. The molecule has 34 heavy (non-hydrogen) atoms. The van der Waals surface area contributed by atoms with Crippen LogP contribution in [0, 0.1) is 5.82 Å². The van der Waals surface area contributed by atoms with E-state index in [0.29, 0.717) is 29.5 Å². The second-order valence-electron chi connectivity index (χ2n) is 7.89. The van der Waals surface area contributed by atoms with E-state index in [9.17, 15) is 14.0 Å². The summed E-state index contributed by atoms with van der Waals surface area (Å²) in [6, 6.07) is 16.3. The number of methoxy groups -OCH3 is 2. The first-order valence-corrected chi connectivity index (χ1v) is 10.7. The Morgan fingerprint density at radius 1 is 1.12 bits per heavy atom. The summed E-state index contributed by atoms with van der Waals surface area (Å²) < 4.78 is 30.6. The van der Waals surface area contributed by atoms with Crippen LogP contribution in [-0.4, -0.2) is 37.0 Å². The second kappa shape index (κ2) is 9.82. The average Bonchev–Trinajstić information content (AvgIpc) is 2.95. The van der Waals surface area contributed by atoms with E-state index in [0.717, 1.165) is 11.1 Å². The molecule has 1 unspecified atom stereocenters. The molecule has 0 saturated heterocycles. The van der Waals surface area contributed by atoms with Gasteiger partial charge in [-0.3, -0.25) is 9.59 Å². The fourth-order valence-electron chi connectivity index (χ4n) is 3.84. The first-order chi connectivity index (χ1) is 16.4. The lowest BCUT2D eigenvalue weighted by molar-refractivity contribution is -0.138. The number of ether oxygens (including phenoxy) is 3. The smallest absolute Gasteiger partial charge is 0.263 e. The van der Waals surface area contributed by atoms with E-state index in [1.807, 2.05) is 12.1 Å². The summed E-state index contributed by atoms with van der Waals surface area (Å²) in [6.07, 6.45) is -0.690. The van der Waals surface area contributed by atoms with Gasteiger partial charge in [0, 0.05) is 36.0 Å². The van der Waals surface area contributed by atoms with Gasteiger partial charge in [0.25, 0.3) is 11.8 Å². The maximum atomic E-state index is 14.0. The Morgan fingerprint density at radius 2 is 1.91 bits per heavy atom. The van der Waals surface area contributed by atoms with Crippen LogP contribution in [-0.2, 0) is 17.9 Å². The molecule has 8 heteroatoms. The first kappa shape index (κ1) is 23.1. The number of anilines is 1. The van der Waals surface area contributed by atoms with E-state index in [1.54, 1.807) is 56.4 Å². The Kier molecular flexibility index (Phi) is 6.67. The lowest BCUT2D eigenvalue weighted by Gasteiger charge is -2.23. The monoisotopic (exact) mass is 464 g/mol. The van der Waals surface area contributed by atoms with E-state index in [4.69, 9.17) is 14.2 Å². The molecule has 176 valence electrons. The van der Waals surface area contributed by atoms with Crippen molar-refractivity contribution in [3.8, 4) is 17.2 Å². The zero-order chi connectivity index (χ0) is 24.2. The van der Waals surface area contributed by atoms with Crippen LogP contribution in [0.2, 0.25) is 0 Å². The van der Waals surface area contributed by atoms with Crippen molar-refractivity contribution in [2.45, 2.75) is 26.1 Å². The van der Waals surface area contributed by atoms with Gasteiger partial charge in [0.15, 0.2) is 6.10 Å². The van der Waals surface area contributed by atoms with Crippen molar-refractivity contribution in [1.29, 1.82) is 0 Å². The average molecular weight is 464 g/mol. The zero-order valence-corrected chi connectivity index (χ0v) is 19.1. The topological polar surface area (TPSA) is 77.1 Å². The molecule has 1 N–H and O–H groups in total. The van der Waals surface area contributed by atoms with Crippen molar-refractivity contribution >= 4 is 17.5 Å². The van der Waals surface area contributed by atoms with Gasteiger partial charge in [-0.05, 0) is 49.4 Å². The lowest BCUT2D eigenvalue weighted by atomic mass is 10.1. The summed E-state index contributed by atoms with van der Waals surface area (Å²) in [5.41, 5.74) is 1.96. The molecule has 3 aromatic rings. The van der Waals surface area contributed by atoms with Crippen molar-refractivity contribution in [2.75, 3.05) is 19.5 Å². The molecule has 0 aromatic heterocycles. The van der Waals surface area contributed by atoms with Crippen molar-refractivity contribution in [1.82, 2.24) is 4.90 Å². The van der Waals surface area contributed by atoms with Gasteiger partial charge in [0.1, 0.15) is 23.1 Å². The second-order valence-corrected chi connectivity index (χ2v) is 7.89. The fraction of sp³-hybridized carbons (Fsp3) is 0.231. The molecule has 1 heterocycles. The van der Waals surface area contributed by atoms with Crippen molar-refractivity contribution in [2.24, 2.45) is 0 Å². The number of hydrogen-bond donors (Lipinski definition) is 1. The summed E-state index contributed by atoms with van der Waals surface area (Å²) in [4.78, 5) is 27.3. The molecular formula is C26H25FN2O5. The van der Waals surface area contributed by atoms with E-state index < -0.39 is 17.8 Å². The highest BCUT2D eigenvalue weighted by atomic mass is 19.1. The molecule has 7 nitrogen and oxygen atoms in total. The van der Waals surface area contributed by atoms with Gasteiger partial charge in [0.05, 0.1) is 19.8 Å². The molecule has 0 spiro atoms. The molecule has 0 fully saturated rings. The molecular weight excluding hydrogens is 439 g/mol. The number of fused-ring (bicyclic) bond motifs is 1. The Morgan fingerprint density at radius 3 is 2.65 bits per heavy atom. The number of nitrogens with one attached hydrogen (secondary N) is 1. The highest BCUT2D eigenvalue weighted by Crippen LogP contribution is 2.32. The largest absolute Gasteiger partial charge is 0.497 e. The third kappa shape index (κ3) is 4.80. The van der Waals surface area contributed by atoms with Crippen LogP contribution in [0.3, 0.4) is 0 Å². The third-order valence-electron chi connectivity index (χ3n) is 5.62. The van der Waals surface area contributed by atoms with Gasteiger partial charge in [-0.2, -0.15) is 0 Å². The molecule has 4 rings (SSSR count). The van der Waals surface area contributed by atoms with Crippen molar-refractivity contribution < 1.29 is 28.2 Å². The third-order valence-corrected chi connectivity index (χ3v) is 5.62. The van der Waals surface area contributed by atoms with Crippen molar-refractivity contribution in [3.63, 3.8) is 0 Å². The maximum absolute atomic E-state index is 14.0. The van der Waals surface area contributed by atoms with Gasteiger partial charge in [0.2, 0.25) is 0 Å². The van der Waals surface area contributed by atoms with Gasteiger partial charge in [-0.15, -0.1) is 0 Å². The van der Waals surface area contributed by atoms with Gasteiger partial charge >= 0.3 is 0 Å². The SMILES string of the molecule is COc1ccc(CN2Cc3cc(NC(=O)c4ccccc4F)ccc3OC(C)C2=O)c(OC)c1. The van der Waals surface area contributed by atoms with E-state index in [1.165, 1.54) is 18.2 Å². The number of carbonyl (C=O) groups is 2. The van der Waals surface area contributed by atoms with Crippen LogP contribution in [0.15, 0.2) is 60.7 Å². The number of carbonyl (C=O) groups excluding carboxylic acids is 2. The Balaban J connectivity index is 1.59. The minimum Gasteiger partial charge on any atom is -0.497 e. The standard InChI is InChI=1S/C26H25FN2O5/c1-16-26(31)29(14-17-8-10-20(32-2)13-24(17)33-3)15-18-12-19(9-11-23(18)34-16)28-25(30)21-6-4-5-7-22(21)27/h4-13,16H,14-15H2,1-3H3,(H,28,30). The number of benzene rings is 3. The summed E-state index contributed by atoms with van der Waals surface area (Å²) in [5, 5.41) is 2.72. The highest BCUT2D eigenvalue weighted by molar-refractivity contribution is 6.04. The fourth-order valence-corrected chi connectivity index (χ4v) is 3.84. The zero-order valence-electron chi connectivity index (χ0n) is 19.1. The van der Waals surface area contributed by atoms with E-state index in [2.05, 4.69) is 5.32 Å². The summed E-state index contributed by atoms with van der Waals surface area (Å²) >= 11 is 0. The number of nitrogens with zero attached hydrogens (tertiary/aromatic N) is 1. The predicted octanol–water partition coefficient (Wildman–Crippen LogP) is 4.40. The molecule has 1 atom stereocenters.